The van der Waals surface area contributed by atoms with Crippen LogP contribution in [0.5, 0.6) is 5.75 Å². The van der Waals surface area contributed by atoms with E-state index in [0.717, 1.165) is 4.31 Å². The zero-order valence-electron chi connectivity index (χ0n) is 15.7. The molecule has 1 amide bonds. The summed E-state index contributed by atoms with van der Waals surface area (Å²) in [7, 11) is -0.711. The highest BCUT2D eigenvalue weighted by atomic mass is 35.5. The number of halogens is 1. The number of hydrogen-bond acceptors (Lipinski definition) is 4. The molecule has 0 fully saturated rings. The van der Waals surface area contributed by atoms with Crippen LogP contribution in [0.15, 0.2) is 47.4 Å². The van der Waals surface area contributed by atoms with Gasteiger partial charge in [0.1, 0.15) is 5.75 Å². The van der Waals surface area contributed by atoms with E-state index < -0.39 is 10.0 Å². The number of rotatable bonds is 7. The SMILES string of the molecule is CC(C)c1ccc(NC(=O)COc2ccc(S(=O)(=O)N(C)C)cc2Cl)cc1. The second-order valence-corrected chi connectivity index (χ2v) is 9.05. The average molecular weight is 411 g/mol. The lowest BCUT2D eigenvalue weighted by Crippen LogP contribution is -2.22. The van der Waals surface area contributed by atoms with Crippen molar-refractivity contribution in [3.63, 3.8) is 0 Å². The predicted molar refractivity (Wildman–Crippen MR) is 107 cm³/mol. The van der Waals surface area contributed by atoms with Gasteiger partial charge < -0.3 is 10.1 Å². The third-order valence-electron chi connectivity index (χ3n) is 3.90. The highest BCUT2D eigenvalue weighted by Gasteiger charge is 2.19. The van der Waals surface area contributed by atoms with Gasteiger partial charge in [-0.25, -0.2) is 12.7 Å². The number of benzene rings is 2. The molecule has 0 aromatic heterocycles. The van der Waals surface area contributed by atoms with E-state index in [1.807, 2.05) is 24.3 Å². The molecule has 0 aliphatic carbocycles. The van der Waals surface area contributed by atoms with E-state index in [0.29, 0.717) is 11.6 Å². The highest BCUT2D eigenvalue weighted by Crippen LogP contribution is 2.28. The molecule has 0 unspecified atom stereocenters. The van der Waals surface area contributed by atoms with Gasteiger partial charge in [0, 0.05) is 19.8 Å². The van der Waals surface area contributed by atoms with Crippen LogP contribution in [0.1, 0.15) is 25.3 Å². The summed E-state index contributed by atoms with van der Waals surface area (Å²) >= 11 is 6.09. The monoisotopic (exact) mass is 410 g/mol. The lowest BCUT2D eigenvalue weighted by atomic mass is 10.0. The fraction of sp³-hybridized carbons (Fsp3) is 0.316. The first-order valence-electron chi connectivity index (χ1n) is 8.36. The van der Waals surface area contributed by atoms with E-state index in [9.17, 15) is 13.2 Å². The van der Waals surface area contributed by atoms with Crippen LogP contribution in [0.3, 0.4) is 0 Å². The number of ether oxygens (including phenoxy) is 1. The van der Waals surface area contributed by atoms with Crippen LogP contribution < -0.4 is 10.1 Å². The van der Waals surface area contributed by atoms with Crippen molar-refractivity contribution in [2.24, 2.45) is 0 Å². The maximum absolute atomic E-state index is 12.1. The quantitative estimate of drug-likeness (QED) is 0.754. The minimum Gasteiger partial charge on any atom is -0.482 e. The molecule has 0 aliphatic heterocycles. The molecule has 6 nitrogen and oxygen atoms in total. The predicted octanol–water partition coefficient (Wildman–Crippen LogP) is 3.73. The average Bonchev–Trinajstić information content (AvgIpc) is 2.60. The van der Waals surface area contributed by atoms with Crippen LogP contribution in [-0.4, -0.2) is 39.3 Å². The highest BCUT2D eigenvalue weighted by molar-refractivity contribution is 7.89. The number of nitrogens with zero attached hydrogens (tertiary/aromatic N) is 1. The standard InChI is InChI=1S/C19H23ClN2O4S/c1-13(2)14-5-7-15(8-6-14)21-19(23)12-26-18-10-9-16(11-17(18)20)27(24,25)22(3)4/h5-11,13H,12H2,1-4H3,(H,21,23). The van der Waals surface area contributed by atoms with Gasteiger partial charge in [0.05, 0.1) is 9.92 Å². The number of sulfonamides is 1. The van der Waals surface area contributed by atoms with Crippen LogP contribution in [-0.2, 0) is 14.8 Å². The number of carbonyl (C=O) groups excluding carboxylic acids is 1. The maximum atomic E-state index is 12.1. The van der Waals surface area contributed by atoms with Gasteiger partial charge in [-0.05, 0) is 41.8 Å². The lowest BCUT2D eigenvalue weighted by molar-refractivity contribution is -0.118. The fourth-order valence-corrected chi connectivity index (χ4v) is 3.49. The van der Waals surface area contributed by atoms with E-state index in [-0.39, 0.29) is 28.2 Å². The van der Waals surface area contributed by atoms with Crippen LogP contribution in [0.25, 0.3) is 0 Å². The van der Waals surface area contributed by atoms with Crippen molar-refractivity contribution in [3.8, 4) is 5.75 Å². The zero-order chi connectivity index (χ0) is 20.2. The summed E-state index contributed by atoms with van der Waals surface area (Å²) in [6.07, 6.45) is 0. The van der Waals surface area contributed by atoms with Crippen LogP contribution in [0, 0.1) is 0 Å². The number of nitrogens with one attached hydrogen (secondary N) is 1. The largest absolute Gasteiger partial charge is 0.482 e. The summed E-state index contributed by atoms with van der Waals surface area (Å²) in [5, 5.41) is 2.86. The Morgan fingerprint density at radius 3 is 2.30 bits per heavy atom. The summed E-state index contributed by atoms with van der Waals surface area (Å²) in [6, 6.07) is 11.7. The molecule has 0 atom stereocenters. The molecule has 1 N–H and O–H groups in total. The second kappa shape index (κ2) is 8.73. The second-order valence-electron chi connectivity index (χ2n) is 6.49. The van der Waals surface area contributed by atoms with Gasteiger partial charge in [-0.2, -0.15) is 0 Å². The Hall–Kier alpha value is -2.09. The van der Waals surface area contributed by atoms with E-state index in [4.69, 9.17) is 16.3 Å². The minimum atomic E-state index is -3.58. The minimum absolute atomic E-state index is 0.0551. The smallest absolute Gasteiger partial charge is 0.262 e. The van der Waals surface area contributed by atoms with Crippen molar-refractivity contribution in [1.82, 2.24) is 4.31 Å². The van der Waals surface area contributed by atoms with Crippen molar-refractivity contribution in [1.29, 1.82) is 0 Å². The van der Waals surface area contributed by atoms with Gasteiger partial charge in [-0.3, -0.25) is 4.79 Å². The molecule has 0 radical (unpaired) electrons. The number of hydrogen-bond donors (Lipinski definition) is 1. The molecule has 2 rings (SSSR count). The molecular weight excluding hydrogens is 388 g/mol. The molecule has 2 aromatic rings. The Morgan fingerprint density at radius 2 is 1.78 bits per heavy atom. The Balaban J connectivity index is 1.99. The lowest BCUT2D eigenvalue weighted by Gasteiger charge is -2.13. The summed E-state index contributed by atoms with van der Waals surface area (Å²) in [5.74, 6) is 0.313. The normalized spacial score (nSPS) is 11.7. The summed E-state index contributed by atoms with van der Waals surface area (Å²) < 4.78 is 30.7. The molecule has 2 aromatic carbocycles. The third kappa shape index (κ3) is 5.45. The first-order chi connectivity index (χ1) is 12.6. The summed E-state index contributed by atoms with van der Waals surface area (Å²) in [5.41, 5.74) is 1.86. The Morgan fingerprint density at radius 1 is 1.15 bits per heavy atom. The molecule has 0 heterocycles. The van der Waals surface area contributed by atoms with Crippen molar-refractivity contribution in [2.45, 2.75) is 24.7 Å². The molecule has 146 valence electrons. The van der Waals surface area contributed by atoms with Crippen LogP contribution >= 0.6 is 11.6 Å². The summed E-state index contributed by atoms with van der Waals surface area (Å²) in [6.45, 7) is 3.95. The van der Waals surface area contributed by atoms with E-state index >= 15 is 0 Å². The molecule has 0 bridgehead atoms. The fourth-order valence-electron chi connectivity index (χ4n) is 2.26. The van der Waals surface area contributed by atoms with Crippen molar-refractivity contribution >= 4 is 33.2 Å². The Kier molecular flexibility index (Phi) is 6.86. The summed E-state index contributed by atoms with van der Waals surface area (Å²) in [4.78, 5) is 12.1. The molecule has 0 spiro atoms. The maximum Gasteiger partial charge on any atom is 0.262 e. The van der Waals surface area contributed by atoms with Gasteiger partial charge in [0.25, 0.3) is 5.91 Å². The Bertz CT molecular complexity index is 910. The topological polar surface area (TPSA) is 75.7 Å². The van der Waals surface area contributed by atoms with Gasteiger partial charge in [0.15, 0.2) is 6.61 Å². The first-order valence-corrected chi connectivity index (χ1v) is 10.2. The zero-order valence-corrected chi connectivity index (χ0v) is 17.3. The molecule has 27 heavy (non-hydrogen) atoms. The molecule has 0 aliphatic rings. The van der Waals surface area contributed by atoms with Crippen LogP contribution in [0.4, 0.5) is 5.69 Å². The number of anilines is 1. The van der Waals surface area contributed by atoms with E-state index in [2.05, 4.69) is 19.2 Å². The van der Waals surface area contributed by atoms with Crippen molar-refractivity contribution < 1.29 is 17.9 Å². The van der Waals surface area contributed by atoms with Gasteiger partial charge in [0.2, 0.25) is 10.0 Å². The van der Waals surface area contributed by atoms with Gasteiger partial charge >= 0.3 is 0 Å². The third-order valence-corrected chi connectivity index (χ3v) is 6.01. The molecule has 8 heteroatoms. The van der Waals surface area contributed by atoms with E-state index in [1.54, 1.807) is 0 Å². The number of amides is 1. The van der Waals surface area contributed by atoms with Gasteiger partial charge in [-0.15, -0.1) is 0 Å². The first kappa shape index (κ1) is 21.2. The molecular formula is C19H23ClN2O4S. The van der Waals surface area contributed by atoms with Crippen molar-refractivity contribution in [2.75, 3.05) is 26.0 Å². The van der Waals surface area contributed by atoms with Gasteiger partial charge in [-0.1, -0.05) is 37.6 Å². The molecule has 0 saturated carbocycles. The number of carbonyl (C=O) groups is 1. The van der Waals surface area contributed by atoms with Crippen molar-refractivity contribution in [3.05, 3.63) is 53.1 Å². The van der Waals surface area contributed by atoms with E-state index in [1.165, 1.54) is 37.9 Å². The Labute approximate surface area is 165 Å². The molecule has 0 saturated heterocycles. The van der Waals surface area contributed by atoms with Crippen LogP contribution in [0.2, 0.25) is 5.02 Å².